The van der Waals surface area contributed by atoms with E-state index < -0.39 is 0 Å². The van der Waals surface area contributed by atoms with Gasteiger partial charge in [0.2, 0.25) is 0 Å². The summed E-state index contributed by atoms with van der Waals surface area (Å²) in [6, 6.07) is 4.16. The molecule has 0 aliphatic rings. The lowest BCUT2D eigenvalue weighted by Crippen LogP contribution is -3.10. The first-order valence-corrected chi connectivity index (χ1v) is 4.82. The topological polar surface area (TPSA) is 45.0 Å². The molecule has 1 atom stereocenters. The van der Waals surface area contributed by atoms with E-state index in [0.717, 1.165) is 19.5 Å². The van der Waals surface area contributed by atoms with Gasteiger partial charge in [-0.25, -0.2) is 0 Å². The Kier molecular flexibility index (Phi) is 4.43. The van der Waals surface area contributed by atoms with Crippen LogP contribution in [-0.2, 0) is 6.42 Å². The molecule has 0 radical (unpaired) electrons. The summed E-state index contributed by atoms with van der Waals surface area (Å²) in [6.45, 7) is 3.35. The summed E-state index contributed by atoms with van der Waals surface area (Å²) in [5.41, 5.74) is 5.22. The van der Waals surface area contributed by atoms with Crippen molar-refractivity contribution in [2.75, 3.05) is 26.7 Å². The van der Waals surface area contributed by atoms with Gasteiger partial charge in [-0.05, 0) is 17.7 Å². The van der Waals surface area contributed by atoms with Crippen molar-refractivity contribution < 1.29 is 10.6 Å². The molecular weight excluding hydrogens is 162 g/mol. The normalized spacial score (nSPS) is 12.8. The maximum Gasteiger partial charge on any atom is 0.127 e. The Labute approximate surface area is 79.6 Å². The molecule has 1 aromatic rings. The number of quaternary nitrogens is 2. The number of hydrogen-bond donors (Lipinski definition) is 2. The van der Waals surface area contributed by atoms with E-state index in [1.54, 1.807) is 4.90 Å². The molecule has 3 heteroatoms. The minimum Gasteiger partial charge on any atom is -0.353 e. The maximum atomic E-state index is 3.99. The summed E-state index contributed by atoms with van der Waals surface area (Å²) in [4.78, 5) is 5.54. The lowest BCUT2D eigenvalue weighted by Gasteiger charge is -2.11. The quantitative estimate of drug-likeness (QED) is 0.563. The molecule has 0 aliphatic carbocycles. The largest absolute Gasteiger partial charge is 0.353 e. The monoisotopic (exact) mass is 181 g/mol. The minimum absolute atomic E-state index is 1.02. The number of hydrogen-bond acceptors (Lipinski definition) is 1. The van der Waals surface area contributed by atoms with E-state index in [-0.39, 0.29) is 0 Å². The average Bonchev–Trinajstić information content (AvgIpc) is 2.17. The molecular formula is C10H19N3+2. The first kappa shape index (κ1) is 10.2. The molecule has 1 rings (SSSR count). The van der Waals surface area contributed by atoms with E-state index in [2.05, 4.69) is 29.9 Å². The number of aromatic nitrogens is 1. The highest BCUT2D eigenvalue weighted by atomic mass is 15.1. The standard InChI is InChI=1S/C10H17N3/c1-13(9-5-11)8-4-10-2-6-12-7-3-10/h2-3,6-7H,4-5,8-9,11H2,1H3/p+2. The lowest BCUT2D eigenvalue weighted by atomic mass is 10.2. The van der Waals surface area contributed by atoms with Crippen LogP contribution in [0.4, 0.5) is 0 Å². The van der Waals surface area contributed by atoms with Crippen LogP contribution in [-0.4, -0.2) is 31.7 Å². The number of nitrogens with zero attached hydrogens (tertiary/aromatic N) is 1. The van der Waals surface area contributed by atoms with E-state index >= 15 is 0 Å². The van der Waals surface area contributed by atoms with Crippen molar-refractivity contribution in [1.29, 1.82) is 0 Å². The van der Waals surface area contributed by atoms with Crippen molar-refractivity contribution in [2.24, 2.45) is 0 Å². The zero-order chi connectivity index (χ0) is 9.52. The van der Waals surface area contributed by atoms with Gasteiger partial charge in [-0.3, -0.25) is 4.98 Å². The number of pyridine rings is 1. The van der Waals surface area contributed by atoms with Crippen LogP contribution in [0.3, 0.4) is 0 Å². The fraction of sp³-hybridized carbons (Fsp3) is 0.500. The summed E-state index contributed by atoms with van der Waals surface area (Å²) in [6.07, 6.45) is 4.84. The fourth-order valence-corrected chi connectivity index (χ4v) is 1.33. The van der Waals surface area contributed by atoms with E-state index in [0.29, 0.717) is 0 Å². The van der Waals surface area contributed by atoms with Gasteiger partial charge in [0.05, 0.1) is 13.6 Å². The summed E-state index contributed by atoms with van der Waals surface area (Å²) in [5, 5.41) is 0. The van der Waals surface area contributed by atoms with Gasteiger partial charge in [-0.15, -0.1) is 0 Å². The van der Waals surface area contributed by atoms with Crippen molar-refractivity contribution in [3.05, 3.63) is 30.1 Å². The average molecular weight is 181 g/mol. The van der Waals surface area contributed by atoms with Gasteiger partial charge in [-0.2, -0.15) is 0 Å². The predicted molar refractivity (Wildman–Crippen MR) is 52.3 cm³/mol. The first-order chi connectivity index (χ1) is 6.33. The van der Waals surface area contributed by atoms with Crippen LogP contribution >= 0.6 is 0 Å². The molecule has 3 nitrogen and oxygen atoms in total. The Balaban J connectivity index is 2.27. The van der Waals surface area contributed by atoms with Crippen molar-refractivity contribution in [3.8, 4) is 0 Å². The molecule has 13 heavy (non-hydrogen) atoms. The van der Waals surface area contributed by atoms with Crippen molar-refractivity contribution in [1.82, 2.24) is 4.98 Å². The van der Waals surface area contributed by atoms with Gasteiger partial charge in [0.1, 0.15) is 13.1 Å². The minimum atomic E-state index is 1.02. The third-order valence-electron chi connectivity index (χ3n) is 2.19. The van der Waals surface area contributed by atoms with Gasteiger partial charge in [0, 0.05) is 18.8 Å². The molecule has 1 unspecified atom stereocenters. The fourth-order valence-electron chi connectivity index (χ4n) is 1.33. The summed E-state index contributed by atoms with van der Waals surface area (Å²) >= 11 is 0. The van der Waals surface area contributed by atoms with Crippen LogP contribution in [0.2, 0.25) is 0 Å². The maximum absolute atomic E-state index is 3.99. The molecule has 0 aliphatic heterocycles. The molecule has 0 fully saturated rings. The second kappa shape index (κ2) is 5.67. The van der Waals surface area contributed by atoms with Crippen LogP contribution < -0.4 is 10.6 Å². The third-order valence-corrected chi connectivity index (χ3v) is 2.19. The van der Waals surface area contributed by atoms with Gasteiger partial charge >= 0.3 is 0 Å². The van der Waals surface area contributed by atoms with Crippen LogP contribution in [0.25, 0.3) is 0 Å². The van der Waals surface area contributed by atoms with Crippen LogP contribution in [0.15, 0.2) is 24.5 Å². The van der Waals surface area contributed by atoms with Crippen LogP contribution in [0.1, 0.15) is 5.56 Å². The summed E-state index contributed by atoms with van der Waals surface area (Å²) in [7, 11) is 2.21. The molecule has 72 valence electrons. The number of nitrogens with one attached hydrogen (secondary N) is 1. The number of likely N-dealkylation sites (N-methyl/N-ethyl adjacent to an activating group) is 1. The smallest absolute Gasteiger partial charge is 0.127 e. The summed E-state index contributed by atoms with van der Waals surface area (Å²) < 4.78 is 0. The van der Waals surface area contributed by atoms with Gasteiger partial charge in [-0.1, -0.05) is 0 Å². The molecule has 0 saturated heterocycles. The number of rotatable bonds is 5. The highest BCUT2D eigenvalue weighted by Crippen LogP contribution is 1.94. The highest BCUT2D eigenvalue weighted by Gasteiger charge is 2.01. The summed E-state index contributed by atoms with van der Waals surface area (Å²) in [5.74, 6) is 0. The molecule has 0 aromatic carbocycles. The van der Waals surface area contributed by atoms with E-state index in [1.807, 2.05) is 12.4 Å². The Morgan fingerprint density at radius 1 is 1.31 bits per heavy atom. The third kappa shape index (κ3) is 4.01. The Hall–Kier alpha value is -0.930. The Morgan fingerprint density at radius 2 is 2.00 bits per heavy atom. The molecule has 1 aromatic heterocycles. The SMILES string of the molecule is C[NH+](CC[NH3+])CCc1ccncc1. The Morgan fingerprint density at radius 3 is 2.62 bits per heavy atom. The zero-order valence-corrected chi connectivity index (χ0v) is 8.29. The van der Waals surface area contributed by atoms with Crippen molar-refractivity contribution in [2.45, 2.75) is 6.42 Å². The second-order valence-electron chi connectivity index (χ2n) is 3.42. The molecule has 0 bridgehead atoms. The van der Waals surface area contributed by atoms with Gasteiger partial charge in [0.25, 0.3) is 0 Å². The molecule has 0 amide bonds. The highest BCUT2D eigenvalue weighted by molar-refractivity contribution is 5.09. The van der Waals surface area contributed by atoms with Crippen LogP contribution in [0.5, 0.6) is 0 Å². The Bertz CT molecular complexity index is 223. The molecule has 4 N–H and O–H groups in total. The predicted octanol–water partition coefficient (Wildman–Crippen LogP) is -1.62. The lowest BCUT2D eigenvalue weighted by molar-refractivity contribution is -0.884. The second-order valence-corrected chi connectivity index (χ2v) is 3.42. The van der Waals surface area contributed by atoms with Crippen LogP contribution in [0, 0.1) is 0 Å². The van der Waals surface area contributed by atoms with Crippen molar-refractivity contribution in [3.63, 3.8) is 0 Å². The van der Waals surface area contributed by atoms with Crippen molar-refractivity contribution >= 4 is 0 Å². The molecule has 1 heterocycles. The molecule has 0 spiro atoms. The van der Waals surface area contributed by atoms with E-state index in [4.69, 9.17) is 0 Å². The zero-order valence-electron chi connectivity index (χ0n) is 8.29. The van der Waals surface area contributed by atoms with E-state index in [9.17, 15) is 0 Å². The van der Waals surface area contributed by atoms with Gasteiger partial charge < -0.3 is 10.6 Å². The van der Waals surface area contributed by atoms with E-state index in [1.165, 1.54) is 12.1 Å². The first-order valence-electron chi connectivity index (χ1n) is 4.82. The molecule has 0 saturated carbocycles. The van der Waals surface area contributed by atoms with Gasteiger partial charge in [0.15, 0.2) is 0 Å².